The normalized spacial score (nSPS) is 23.3. The molecule has 0 aromatic heterocycles. The average molecular weight is 186 g/mol. The minimum atomic E-state index is -0.0236. The van der Waals surface area contributed by atoms with E-state index in [-0.39, 0.29) is 5.60 Å². The molecule has 13 heavy (non-hydrogen) atoms. The van der Waals surface area contributed by atoms with Crippen LogP contribution in [0.25, 0.3) is 0 Å². The number of hydrogen-bond acceptors (Lipinski definition) is 3. The van der Waals surface area contributed by atoms with Crippen molar-refractivity contribution in [2.45, 2.75) is 31.8 Å². The van der Waals surface area contributed by atoms with Crippen molar-refractivity contribution in [3.05, 3.63) is 0 Å². The molecule has 0 saturated carbocycles. The summed E-state index contributed by atoms with van der Waals surface area (Å²) in [5.41, 5.74) is 5.70. The number of nitrogens with two attached hydrogens (primary N) is 1. The first-order valence-electron chi connectivity index (χ1n) is 5.24. The van der Waals surface area contributed by atoms with Crippen LogP contribution in [0.3, 0.4) is 0 Å². The minimum Gasteiger partial charge on any atom is -0.377 e. The number of hydrogen-bond donors (Lipinski definition) is 1. The summed E-state index contributed by atoms with van der Waals surface area (Å²) in [4.78, 5) is 2.49. The molecule has 1 rings (SSSR count). The maximum atomic E-state index is 5.72. The molecule has 78 valence electrons. The first-order valence-corrected chi connectivity index (χ1v) is 5.24. The van der Waals surface area contributed by atoms with Gasteiger partial charge in [-0.15, -0.1) is 0 Å². The van der Waals surface area contributed by atoms with E-state index in [2.05, 4.69) is 11.8 Å². The van der Waals surface area contributed by atoms with Gasteiger partial charge in [0.2, 0.25) is 0 Å². The Balaban J connectivity index is 2.36. The Morgan fingerprint density at radius 3 is 2.38 bits per heavy atom. The smallest absolute Gasteiger partial charge is 0.0824 e. The predicted molar refractivity (Wildman–Crippen MR) is 54.8 cm³/mol. The van der Waals surface area contributed by atoms with Crippen LogP contribution in [0.15, 0.2) is 0 Å². The molecule has 1 fully saturated rings. The monoisotopic (exact) mass is 186 g/mol. The van der Waals surface area contributed by atoms with Crippen LogP contribution in [0.4, 0.5) is 0 Å². The van der Waals surface area contributed by atoms with E-state index < -0.39 is 0 Å². The van der Waals surface area contributed by atoms with E-state index in [4.69, 9.17) is 10.5 Å². The molecule has 0 aromatic rings. The van der Waals surface area contributed by atoms with Crippen LogP contribution < -0.4 is 5.73 Å². The largest absolute Gasteiger partial charge is 0.377 e. The molecular formula is C10H22N2O. The third-order valence-electron chi connectivity index (χ3n) is 3.11. The molecule has 1 aliphatic heterocycles. The van der Waals surface area contributed by atoms with Crippen molar-refractivity contribution in [1.82, 2.24) is 4.90 Å². The zero-order valence-electron chi connectivity index (χ0n) is 8.88. The van der Waals surface area contributed by atoms with E-state index >= 15 is 0 Å². The SMILES string of the molecule is CCCN1CCC(CN)(OC)CC1. The number of piperidine rings is 1. The molecule has 1 saturated heterocycles. The Morgan fingerprint density at radius 2 is 2.00 bits per heavy atom. The minimum absolute atomic E-state index is 0.0236. The van der Waals surface area contributed by atoms with E-state index in [0.717, 1.165) is 25.9 Å². The molecular weight excluding hydrogens is 164 g/mol. The summed E-state index contributed by atoms with van der Waals surface area (Å²) in [7, 11) is 1.78. The number of likely N-dealkylation sites (tertiary alicyclic amines) is 1. The zero-order chi connectivity index (χ0) is 9.73. The molecule has 0 atom stereocenters. The van der Waals surface area contributed by atoms with Crippen molar-refractivity contribution < 1.29 is 4.74 Å². The number of nitrogens with zero attached hydrogens (tertiary/aromatic N) is 1. The van der Waals surface area contributed by atoms with Gasteiger partial charge in [-0.3, -0.25) is 0 Å². The van der Waals surface area contributed by atoms with Crippen LogP contribution in [0.5, 0.6) is 0 Å². The summed E-state index contributed by atoms with van der Waals surface area (Å²) in [5.74, 6) is 0. The highest BCUT2D eigenvalue weighted by Gasteiger charge is 2.32. The van der Waals surface area contributed by atoms with Crippen molar-refractivity contribution in [2.24, 2.45) is 5.73 Å². The molecule has 3 nitrogen and oxygen atoms in total. The van der Waals surface area contributed by atoms with Gasteiger partial charge in [-0.1, -0.05) is 6.92 Å². The van der Waals surface area contributed by atoms with Crippen LogP contribution in [-0.2, 0) is 4.74 Å². The van der Waals surface area contributed by atoms with Gasteiger partial charge in [0.1, 0.15) is 0 Å². The predicted octanol–water partition coefficient (Wildman–Crippen LogP) is 0.836. The molecule has 0 amide bonds. The fourth-order valence-corrected chi connectivity index (χ4v) is 1.99. The Hall–Kier alpha value is -0.120. The van der Waals surface area contributed by atoms with Gasteiger partial charge in [0, 0.05) is 26.7 Å². The van der Waals surface area contributed by atoms with E-state index in [1.807, 2.05) is 0 Å². The van der Waals surface area contributed by atoms with Gasteiger partial charge >= 0.3 is 0 Å². The van der Waals surface area contributed by atoms with Gasteiger partial charge in [-0.2, -0.15) is 0 Å². The second-order valence-corrected chi connectivity index (χ2v) is 3.93. The highest BCUT2D eigenvalue weighted by Crippen LogP contribution is 2.24. The van der Waals surface area contributed by atoms with Crippen LogP contribution in [-0.4, -0.2) is 43.8 Å². The highest BCUT2D eigenvalue weighted by molar-refractivity contribution is 4.88. The molecule has 0 bridgehead atoms. The lowest BCUT2D eigenvalue weighted by Gasteiger charge is -2.40. The van der Waals surface area contributed by atoms with Gasteiger partial charge < -0.3 is 15.4 Å². The molecule has 0 aliphatic carbocycles. The molecule has 1 heterocycles. The standard InChI is InChI=1S/C10H22N2O/c1-3-6-12-7-4-10(9-11,13-2)5-8-12/h3-9,11H2,1-2H3. The lowest BCUT2D eigenvalue weighted by molar-refractivity contribution is -0.0496. The summed E-state index contributed by atoms with van der Waals surface area (Å²) >= 11 is 0. The third-order valence-corrected chi connectivity index (χ3v) is 3.11. The molecule has 0 radical (unpaired) electrons. The van der Waals surface area contributed by atoms with Crippen LogP contribution >= 0.6 is 0 Å². The summed E-state index contributed by atoms with van der Waals surface area (Å²) < 4.78 is 5.50. The van der Waals surface area contributed by atoms with Gasteiger partial charge in [-0.05, 0) is 25.8 Å². The number of methoxy groups -OCH3 is 1. The lowest BCUT2D eigenvalue weighted by atomic mass is 9.91. The number of ether oxygens (including phenoxy) is 1. The van der Waals surface area contributed by atoms with E-state index in [1.165, 1.54) is 13.0 Å². The van der Waals surface area contributed by atoms with Crippen LogP contribution in [0, 0.1) is 0 Å². The van der Waals surface area contributed by atoms with Crippen molar-refractivity contribution in [3.63, 3.8) is 0 Å². The maximum absolute atomic E-state index is 5.72. The van der Waals surface area contributed by atoms with E-state index in [0.29, 0.717) is 6.54 Å². The Kier molecular flexibility index (Phi) is 4.16. The molecule has 3 heteroatoms. The summed E-state index contributed by atoms with van der Waals surface area (Å²) in [6.45, 7) is 6.37. The Morgan fingerprint density at radius 1 is 1.38 bits per heavy atom. The van der Waals surface area contributed by atoms with Crippen molar-refractivity contribution in [1.29, 1.82) is 0 Å². The average Bonchev–Trinajstić information content (AvgIpc) is 2.20. The summed E-state index contributed by atoms with van der Waals surface area (Å²) in [6, 6.07) is 0. The quantitative estimate of drug-likeness (QED) is 0.707. The lowest BCUT2D eigenvalue weighted by Crippen LogP contribution is -2.50. The van der Waals surface area contributed by atoms with Gasteiger partial charge in [-0.25, -0.2) is 0 Å². The Bertz CT molecular complexity index is 136. The topological polar surface area (TPSA) is 38.5 Å². The molecule has 0 spiro atoms. The van der Waals surface area contributed by atoms with E-state index in [1.54, 1.807) is 7.11 Å². The summed E-state index contributed by atoms with van der Waals surface area (Å²) in [6.07, 6.45) is 3.41. The van der Waals surface area contributed by atoms with Crippen molar-refractivity contribution >= 4 is 0 Å². The second-order valence-electron chi connectivity index (χ2n) is 3.93. The first kappa shape index (κ1) is 11.0. The zero-order valence-corrected chi connectivity index (χ0v) is 8.88. The number of rotatable bonds is 4. The molecule has 2 N–H and O–H groups in total. The second kappa shape index (κ2) is 4.94. The molecule has 0 unspecified atom stereocenters. The van der Waals surface area contributed by atoms with Gasteiger partial charge in [0.05, 0.1) is 5.60 Å². The van der Waals surface area contributed by atoms with E-state index in [9.17, 15) is 0 Å². The van der Waals surface area contributed by atoms with Crippen LogP contribution in [0.2, 0.25) is 0 Å². The van der Waals surface area contributed by atoms with Crippen molar-refractivity contribution in [2.75, 3.05) is 33.3 Å². The fraction of sp³-hybridized carbons (Fsp3) is 1.00. The molecule has 1 aliphatic rings. The first-order chi connectivity index (χ1) is 6.26. The molecule has 0 aromatic carbocycles. The van der Waals surface area contributed by atoms with Gasteiger partial charge in [0.15, 0.2) is 0 Å². The summed E-state index contributed by atoms with van der Waals surface area (Å²) in [5, 5.41) is 0. The highest BCUT2D eigenvalue weighted by atomic mass is 16.5. The fourth-order valence-electron chi connectivity index (χ4n) is 1.99. The maximum Gasteiger partial charge on any atom is 0.0824 e. The Labute approximate surface area is 81.2 Å². The van der Waals surface area contributed by atoms with Crippen LogP contribution in [0.1, 0.15) is 26.2 Å². The van der Waals surface area contributed by atoms with Crippen molar-refractivity contribution in [3.8, 4) is 0 Å². The van der Waals surface area contributed by atoms with Gasteiger partial charge in [0.25, 0.3) is 0 Å². The third kappa shape index (κ3) is 2.66.